The zero-order valence-electron chi connectivity index (χ0n) is 19.8. The zero-order chi connectivity index (χ0) is 22.6. The molecule has 0 aromatic heterocycles. The Morgan fingerprint density at radius 3 is 1.10 bits per heavy atom. The van der Waals surface area contributed by atoms with Crippen LogP contribution in [0.25, 0.3) is 11.1 Å². The molecule has 1 heteroatoms. The van der Waals surface area contributed by atoms with E-state index in [2.05, 4.69) is 116 Å². The summed E-state index contributed by atoms with van der Waals surface area (Å²) < 4.78 is 0. The van der Waals surface area contributed by atoms with E-state index in [1.165, 1.54) is 22.3 Å². The Labute approximate surface area is 189 Å². The smallest absolute Gasteiger partial charge is 0.0462 e. The van der Waals surface area contributed by atoms with Gasteiger partial charge in [-0.1, -0.05) is 106 Å². The summed E-state index contributed by atoms with van der Waals surface area (Å²) in [6, 6.07) is 36.6. The first-order chi connectivity index (χ1) is 15.2. The van der Waals surface area contributed by atoms with Crippen LogP contribution in [0.5, 0.6) is 0 Å². The standard InChI is InChI=1S/C26H23N.2C2H6/c1-20-8-14-24(15-9-20)27(25-16-10-21(2)11-17-25)26-18-12-23(13-19-26)22-6-4-3-5-7-22;2*1-2/h3-19H,1-2H3;2*1-2H3. The Balaban J connectivity index is 0.000000807. The number of rotatable bonds is 4. The van der Waals surface area contributed by atoms with Crippen molar-refractivity contribution in [3.63, 3.8) is 0 Å². The Morgan fingerprint density at radius 2 is 0.710 bits per heavy atom. The number of hydrogen-bond acceptors (Lipinski definition) is 1. The van der Waals surface area contributed by atoms with Gasteiger partial charge < -0.3 is 4.90 Å². The fourth-order valence-corrected chi connectivity index (χ4v) is 3.27. The molecule has 0 saturated heterocycles. The normalized spacial score (nSPS) is 9.61. The molecule has 0 fully saturated rings. The average molecular weight is 410 g/mol. The number of benzene rings is 4. The molecule has 4 aromatic rings. The van der Waals surface area contributed by atoms with Gasteiger partial charge in [-0.05, 0) is 61.4 Å². The van der Waals surface area contributed by atoms with Gasteiger partial charge in [-0.15, -0.1) is 0 Å². The second-order valence-electron chi connectivity index (χ2n) is 6.92. The molecule has 0 bridgehead atoms. The monoisotopic (exact) mass is 409 g/mol. The maximum atomic E-state index is 2.30. The number of hydrogen-bond donors (Lipinski definition) is 0. The fraction of sp³-hybridized carbons (Fsp3) is 0.200. The molecular formula is C30H35N. The highest BCUT2D eigenvalue weighted by Gasteiger charge is 2.12. The molecule has 160 valence electrons. The van der Waals surface area contributed by atoms with Gasteiger partial charge in [-0.2, -0.15) is 0 Å². The summed E-state index contributed by atoms with van der Waals surface area (Å²) in [5.74, 6) is 0. The topological polar surface area (TPSA) is 3.24 Å². The largest absolute Gasteiger partial charge is 0.311 e. The van der Waals surface area contributed by atoms with Gasteiger partial charge in [-0.3, -0.25) is 0 Å². The van der Waals surface area contributed by atoms with Crippen LogP contribution in [-0.2, 0) is 0 Å². The van der Waals surface area contributed by atoms with Gasteiger partial charge >= 0.3 is 0 Å². The molecule has 0 saturated carbocycles. The third-order valence-electron chi connectivity index (χ3n) is 4.82. The van der Waals surface area contributed by atoms with Gasteiger partial charge in [0.05, 0.1) is 0 Å². The van der Waals surface area contributed by atoms with Gasteiger partial charge in [-0.25, -0.2) is 0 Å². The van der Waals surface area contributed by atoms with Crippen LogP contribution in [0.3, 0.4) is 0 Å². The lowest BCUT2D eigenvalue weighted by Gasteiger charge is -2.26. The van der Waals surface area contributed by atoms with Crippen molar-refractivity contribution in [1.29, 1.82) is 0 Å². The predicted octanol–water partition coefficient (Wildman–Crippen LogP) is 9.49. The fourth-order valence-electron chi connectivity index (χ4n) is 3.27. The van der Waals surface area contributed by atoms with Crippen molar-refractivity contribution < 1.29 is 0 Å². The second-order valence-corrected chi connectivity index (χ2v) is 6.92. The predicted molar refractivity (Wildman–Crippen MR) is 139 cm³/mol. The third kappa shape index (κ3) is 6.33. The van der Waals surface area contributed by atoms with E-state index in [0.717, 1.165) is 17.1 Å². The van der Waals surface area contributed by atoms with Gasteiger partial charge in [0.1, 0.15) is 0 Å². The van der Waals surface area contributed by atoms with E-state index in [1.54, 1.807) is 0 Å². The Morgan fingerprint density at radius 1 is 0.387 bits per heavy atom. The lowest BCUT2D eigenvalue weighted by atomic mass is 10.0. The number of anilines is 3. The van der Waals surface area contributed by atoms with Crippen LogP contribution < -0.4 is 4.90 Å². The molecule has 0 heterocycles. The van der Waals surface area contributed by atoms with Crippen LogP contribution in [-0.4, -0.2) is 0 Å². The van der Waals surface area contributed by atoms with Crippen molar-refractivity contribution in [2.75, 3.05) is 4.90 Å². The molecule has 0 aliphatic rings. The van der Waals surface area contributed by atoms with Gasteiger partial charge in [0.2, 0.25) is 0 Å². The highest BCUT2D eigenvalue weighted by molar-refractivity contribution is 5.78. The molecule has 0 aliphatic heterocycles. The van der Waals surface area contributed by atoms with Crippen molar-refractivity contribution >= 4 is 17.1 Å². The van der Waals surface area contributed by atoms with Gasteiger partial charge in [0, 0.05) is 17.1 Å². The molecule has 0 radical (unpaired) electrons. The van der Waals surface area contributed by atoms with Crippen molar-refractivity contribution in [3.8, 4) is 11.1 Å². The first-order valence-corrected chi connectivity index (χ1v) is 11.3. The quantitative estimate of drug-likeness (QED) is 0.324. The van der Waals surface area contributed by atoms with Crippen LogP contribution in [0.4, 0.5) is 17.1 Å². The van der Waals surface area contributed by atoms with Crippen molar-refractivity contribution in [3.05, 3.63) is 114 Å². The number of aryl methyl sites for hydroxylation is 2. The van der Waals surface area contributed by atoms with E-state index in [0.29, 0.717) is 0 Å². The molecule has 4 aromatic carbocycles. The van der Waals surface area contributed by atoms with E-state index in [9.17, 15) is 0 Å². The molecule has 0 N–H and O–H groups in total. The Hall–Kier alpha value is -3.32. The summed E-state index contributed by atoms with van der Waals surface area (Å²) >= 11 is 0. The van der Waals surface area contributed by atoms with E-state index < -0.39 is 0 Å². The van der Waals surface area contributed by atoms with Gasteiger partial charge in [0.25, 0.3) is 0 Å². The Bertz CT molecular complexity index is 953. The second kappa shape index (κ2) is 12.4. The van der Waals surface area contributed by atoms with Crippen molar-refractivity contribution in [2.45, 2.75) is 41.5 Å². The van der Waals surface area contributed by atoms with Crippen LogP contribution >= 0.6 is 0 Å². The SMILES string of the molecule is CC.CC.Cc1ccc(N(c2ccc(C)cc2)c2ccc(-c3ccccc3)cc2)cc1. The van der Waals surface area contributed by atoms with E-state index in [1.807, 2.05) is 33.8 Å². The van der Waals surface area contributed by atoms with Crippen LogP contribution in [0.2, 0.25) is 0 Å². The summed E-state index contributed by atoms with van der Waals surface area (Å²) in [5, 5.41) is 0. The minimum atomic E-state index is 1.15. The molecule has 4 rings (SSSR count). The maximum Gasteiger partial charge on any atom is 0.0462 e. The number of nitrogens with zero attached hydrogens (tertiary/aromatic N) is 1. The highest BCUT2D eigenvalue weighted by atomic mass is 15.1. The van der Waals surface area contributed by atoms with Crippen LogP contribution in [0, 0.1) is 13.8 Å². The average Bonchev–Trinajstić information content (AvgIpc) is 2.85. The molecule has 0 unspecified atom stereocenters. The highest BCUT2D eigenvalue weighted by Crippen LogP contribution is 2.35. The summed E-state index contributed by atoms with van der Waals surface area (Å²) in [4.78, 5) is 2.30. The molecule has 0 aliphatic carbocycles. The summed E-state index contributed by atoms with van der Waals surface area (Å²) in [6.07, 6.45) is 0. The maximum absolute atomic E-state index is 2.30. The summed E-state index contributed by atoms with van der Waals surface area (Å²) in [5.41, 5.74) is 8.48. The third-order valence-corrected chi connectivity index (χ3v) is 4.82. The lowest BCUT2D eigenvalue weighted by Crippen LogP contribution is -2.09. The molecule has 31 heavy (non-hydrogen) atoms. The van der Waals surface area contributed by atoms with Crippen molar-refractivity contribution in [2.24, 2.45) is 0 Å². The van der Waals surface area contributed by atoms with E-state index in [4.69, 9.17) is 0 Å². The first kappa shape index (κ1) is 24.0. The molecule has 0 spiro atoms. The van der Waals surface area contributed by atoms with E-state index >= 15 is 0 Å². The van der Waals surface area contributed by atoms with Crippen LogP contribution in [0.1, 0.15) is 38.8 Å². The minimum absolute atomic E-state index is 1.15. The van der Waals surface area contributed by atoms with E-state index in [-0.39, 0.29) is 0 Å². The van der Waals surface area contributed by atoms with Crippen molar-refractivity contribution in [1.82, 2.24) is 0 Å². The zero-order valence-corrected chi connectivity index (χ0v) is 19.8. The molecule has 0 amide bonds. The first-order valence-electron chi connectivity index (χ1n) is 11.3. The molecule has 0 atom stereocenters. The summed E-state index contributed by atoms with van der Waals surface area (Å²) in [6.45, 7) is 12.2. The molecule has 1 nitrogen and oxygen atoms in total. The van der Waals surface area contributed by atoms with Crippen LogP contribution in [0.15, 0.2) is 103 Å². The van der Waals surface area contributed by atoms with Gasteiger partial charge in [0.15, 0.2) is 0 Å². The summed E-state index contributed by atoms with van der Waals surface area (Å²) in [7, 11) is 0. The Kier molecular flexibility index (Phi) is 9.58. The lowest BCUT2D eigenvalue weighted by molar-refractivity contribution is 1.27. The minimum Gasteiger partial charge on any atom is -0.311 e. The molecular weight excluding hydrogens is 374 g/mol.